The van der Waals surface area contributed by atoms with Gasteiger partial charge in [-0.2, -0.15) is 0 Å². The molecule has 1 heterocycles. The third-order valence-corrected chi connectivity index (χ3v) is 5.26. The number of pyridine rings is 1. The molecular formula is C18H20N2O4S. The van der Waals surface area contributed by atoms with Crippen molar-refractivity contribution in [2.45, 2.75) is 24.2 Å². The number of nitrogens with zero attached hydrogens (tertiary/aromatic N) is 1. The van der Waals surface area contributed by atoms with Crippen LogP contribution in [0.25, 0.3) is 11.1 Å². The second-order valence-corrected chi connectivity index (χ2v) is 7.38. The number of primary sulfonamides is 1. The number of ether oxygens (including phenoxy) is 2. The lowest BCUT2D eigenvalue weighted by molar-refractivity contribution is 0.343. The Morgan fingerprint density at radius 1 is 1.00 bits per heavy atom. The summed E-state index contributed by atoms with van der Waals surface area (Å²) in [5.41, 5.74) is 4.36. The molecule has 0 saturated heterocycles. The zero-order chi connectivity index (χ0) is 18.0. The Labute approximate surface area is 147 Å². The molecule has 1 aliphatic carbocycles. The van der Waals surface area contributed by atoms with Crippen LogP contribution in [0.1, 0.15) is 30.4 Å². The van der Waals surface area contributed by atoms with E-state index < -0.39 is 10.0 Å². The maximum Gasteiger partial charge on any atom is 0.256 e. The molecule has 0 unspecified atom stereocenters. The molecule has 0 saturated carbocycles. The zero-order valence-electron chi connectivity index (χ0n) is 14.2. The minimum absolute atomic E-state index is 0.115. The van der Waals surface area contributed by atoms with Gasteiger partial charge in [-0.3, -0.25) is 0 Å². The van der Waals surface area contributed by atoms with E-state index in [1.807, 2.05) is 6.07 Å². The summed E-state index contributed by atoms with van der Waals surface area (Å²) in [7, 11) is -0.546. The first kappa shape index (κ1) is 17.4. The third-order valence-electron chi connectivity index (χ3n) is 4.33. The van der Waals surface area contributed by atoms with Crippen molar-refractivity contribution in [2.24, 2.45) is 5.14 Å². The van der Waals surface area contributed by atoms with Gasteiger partial charge in [0.25, 0.3) is 5.88 Å². The third kappa shape index (κ3) is 3.52. The van der Waals surface area contributed by atoms with Gasteiger partial charge in [0, 0.05) is 11.8 Å². The Morgan fingerprint density at radius 3 is 2.20 bits per heavy atom. The number of methoxy groups -OCH3 is 2. The normalized spacial score (nSPS) is 14.7. The maximum absolute atomic E-state index is 11.4. The molecule has 0 aliphatic heterocycles. The smallest absolute Gasteiger partial charge is 0.256 e. The molecule has 0 amide bonds. The van der Waals surface area contributed by atoms with Gasteiger partial charge >= 0.3 is 0 Å². The van der Waals surface area contributed by atoms with Crippen molar-refractivity contribution in [3.05, 3.63) is 47.7 Å². The Bertz CT molecular complexity index is 919. The monoisotopic (exact) mass is 360 g/mol. The quantitative estimate of drug-likeness (QED) is 0.885. The van der Waals surface area contributed by atoms with Crippen LogP contribution in [-0.4, -0.2) is 27.6 Å². The fraction of sp³-hybridized carbons (Fsp3) is 0.278. The molecule has 1 aromatic carbocycles. The molecule has 0 spiro atoms. The van der Waals surface area contributed by atoms with Crippen molar-refractivity contribution in [1.82, 2.24) is 4.98 Å². The molecule has 132 valence electrons. The van der Waals surface area contributed by atoms with Gasteiger partial charge in [-0.25, -0.2) is 18.5 Å². The predicted octanol–water partition coefficient (Wildman–Crippen LogP) is 2.84. The molecule has 2 N–H and O–H groups in total. The fourth-order valence-corrected chi connectivity index (χ4v) is 3.64. The van der Waals surface area contributed by atoms with E-state index in [1.54, 1.807) is 44.7 Å². The molecule has 2 aromatic rings. The second kappa shape index (κ2) is 6.85. The standard InChI is InChI=1S/C18H20N2O4S/c1-23-17-10-13(11-20-18(17)24-2)16-5-3-4-15(16)12-6-8-14(9-7-12)25(19,21)22/h6-11H,3-5H2,1-2H3,(H2,19,21,22). The predicted molar refractivity (Wildman–Crippen MR) is 95.8 cm³/mol. The van der Waals surface area contributed by atoms with Crippen LogP contribution < -0.4 is 14.6 Å². The van der Waals surface area contributed by atoms with Gasteiger partial charge in [0.05, 0.1) is 19.1 Å². The first-order chi connectivity index (χ1) is 11.9. The number of allylic oxidation sites excluding steroid dienone is 2. The van der Waals surface area contributed by atoms with E-state index in [9.17, 15) is 8.42 Å². The van der Waals surface area contributed by atoms with Crippen molar-refractivity contribution in [3.63, 3.8) is 0 Å². The average Bonchev–Trinajstić information content (AvgIpc) is 3.10. The van der Waals surface area contributed by atoms with Gasteiger partial charge < -0.3 is 9.47 Å². The Morgan fingerprint density at radius 2 is 1.64 bits per heavy atom. The minimum atomic E-state index is -3.68. The van der Waals surface area contributed by atoms with Crippen LogP contribution in [0.15, 0.2) is 41.4 Å². The lowest BCUT2D eigenvalue weighted by Gasteiger charge is -2.12. The largest absolute Gasteiger partial charge is 0.491 e. The Hall–Kier alpha value is -2.38. The number of sulfonamides is 1. The molecule has 6 nitrogen and oxygen atoms in total. The average molecular weight is 360 g/mol. The summed E-state index contributed by atoms with van der Waals surface area (Å²) >= 11 is 0. The highest BCUT2D eigenvalue weighted by atomic mass is 32.2. The molecule has 1 aliphatic rings. The van der Waals surface area contributed by atoms with E-state index in [2.05, 4.69) is 4.98 Å². The molecule has 7 heteroatoms. The summed E-state index contributed by atoms with van der Waals surface area (Å²) in [6.07, 6.45) is 4.68. The molecule has 25 heavy (non-hydrogen) atoms. The van der Waals surface area contributed by atoms with Gasteiger partial charge in [-0.1, -0.05) is 12.1 Å². The second-order valence-electron chi connectivity index (χ2n) is 5.82. The van der Waals surface area contributed by atoms with Crippen LogP contribution in [0, 0.1) is 0 Å². The first-order valence-electron chi connectivity index (χ1n) is 7.87. The summed E-state index contributed by atoms with van der Waals surface area (Å²) in [4.78, 5) is 4.42. The Kier molecular flexibility index (Phi) is 4.78. The highest BCUT2D eigenvalue weighted by Crippen LogP contribution is 2.41. The van der Waals surface area contributed by atoms with Crippen molar-refractivity contribution >= 4 is 21.2 Å². The van der Waals surface area contributed by atoms with Gasteiger partial charge in [0.2, 0.25) is 10.0 Å². The van der Waals surface area contributed by atoms with Crippen molar-refractivity contribution in [2.75, 3.05) is 14.2 Å². The zero-order valence-corrected chi connectivity index (χ0v) is 15.0. The van der Waals surface area contributed by atoms with E-state index in [1.165, 1.54) is 11.1 Å². The molecule has 1 aromatic heterocycles. The van der Waals surface area contributed by atoms with Gasteiger partial charge in [-0.05, 0) is 54.2 Å². The molecule has 3 rings (SSSR count). The lowest BCUT2D eigenvalue weighted by atomic mass is 9.98. The highest BCUT2D eigenvalue weighted by molar-refractivity contribution is 7.89. The molecule has 0 fully saturated rings. The lowest BCUT2D eigenvalue weighted by Crippen LogP contribution is -2.11. The van der Waals surface area contributed by atoms with Crippen molar-refractivity contribution < 1.29 is 17.9 Å². The van der Waals surface area contributed by atoms with Crippen LogP contribution in [0.3, 0.4) is 0 Å². The SMILES string of the molecule is COc1cc(C2=C(c3ccc(S(N)(=O)=O)cc3)CCC2)cnc1OC. The van der Waals surface area contributed by atoms with Gasteiger partial charge in [0.15, 0.2) is 5.75 Å². The van der Waals surface area contributed by atoms with E-state index in [0.717, 1.165) is 30.4 Å². The van der Waals surface area contributed by atoms with Crippen LogP contribution in [0.4, 0.5) is 0 Å². The van der Waals surface area contributed by atoms with Crippen molar-refractivity contribution in [1.29, 1.82) is 0 Å². The van der Waals surface area contributed by atoms with E-state index in [4.69, 9.17) is 14.6 Å². The van der Waals surface area contributed by atoms with Crippen LogP contribution in [0.2, 0.25) is 0 Å². The maximum atomic E-state index is 11.4. The first-order valence-corrected chi connectivity index (χ1v) is 9.42. The summed E-state index contributed by atoms with van der Waals surface area (Å²) in [5, 5.41) is 5.16. The number of benzene rings is 1. The van der Waals surface area contributed by atoms with Gasteiger partial charge in [0.1, 0.15) is 0 Å². The highest BCUT2D eigenvalue weighted by Gasteiger charge is 2.20. The molecule has 0 bridgehead atoms. The van der Waals surface area contributed by atoms with Crippen LogP contribution in [-0.2, 0) is 10.0 Å². The van der Waals surface area contributed by atoms with Gasteiger partial charge in [-0.15, -0.1) is 0 Å². The summed E-state index contributed by atoms with van der Waals surface area (Å²) in [6.45, 7) is 0. The molecule has 0 radical (unpaired) electrons. The Balaban J connectivity index is 2.03. The molecular weight excluding hydrogens is 340 g/mol. The van der Waals surface area contributed by atoms with E-state index in [0.29, 0.717) is 11.6 Å². The minimum Gasteiger partial charge on any atom is -0.491 e. The number of hydrogen-bond donors (Lipinski definition) is 1. The van der Waals surface area contributed by atoms with Crippen LogP contribution >= 0.6 is 0 Å². The fourth-order valence-electron chi connectivity index (χ4n) is 3.12. The van der Waals surface area contributed by atoms with Crippen molar-refractivity contribution in [3.8, 4) is 11.6 Å². The van der Waals surface area contributed by atoms with Crippen LogP contribution in [0.5, 0.6) is 11.6 Å². The number of hydrogen-bond acceptors (Lipinski definition) is 5. The summed E-state index contributed by atoms with van der Waals surface area (Å²) in [5.74, 6) is 1.03. The van der Waals surface area contributed by atoms with E-state index >= 15 is 0 Å². The number of rotatable bonds is 5. The molecule has 0 atom stereocenters. The summed E-state index contributed by atoms with van der Waals surface area (Å²) in [6, 6.07) is 8.61. The number of aromatic nitrogens is 1. The topological polar surface area (TPSA) is 91.5 Å². The van der Waals surface area contributed by atoms with E-state index in [-0.39, 0.29) is 4.90 Å². The number of nitrogens with two attached hydrogens (primary N) is 1. The summed E-state index contributed by atoms with van der Waals surface area (Å²) < 4.78 is 33.4.